The molecule has 118 valence electrons. The maximum atomic E-state index is 11.2. The molecule has 0 saturated carbocycles. The van der Waals surface area contributed by atoms with Crippen molar-refractivity contribution in [2.24, 2.45) is 0 Å². The summed E-state index contributed by atoms with van der Waals surface area (Å²) < 4.78 is 0. The second kappa shape index (κ2) is 6.67. The van der Waals surface area contributed by atoms with Gasteiger partial charge in [0.05, 0.1) is 20.9 Å². The van der Waals surface area contributed by atoms with Crippen molar-refractivity contribution in [3.8, 4) is 0 Å². The summed E-state index contributed by atoms with van der Waals surface area (Å²) in [6, 6.07) is 7.48. The minimum absolute atomic E-state index is 0.0593. The van der Waals surface area contributed by atoms with Gasteiger partial charge < -0.3 is 10.2 Å². The van der Waals surface area contributed by atoms with E-state index in [0.29, 0.717) is 0 Å². The normalized spacial score (nSPS) is 10.3. The Morgan fingerprint density at radius 3 is 2.30 bits per heavy atom. The SMILES string of the molecule is O=C(O)c1ccc(Sc2cc(Cl)ccc2C(=O)O)c([N+](=O)[O-])c1. The van der Waals surface area contributed by atoms with Crippen LogP contribution in [0.1, 0.15) is 20.7 Å². The summed E-state index contributed by atoms with van der Waals surface area (Å²) in [4.78, 5) is 32.9. The number of nitro groups is 1. The molecule has 2 aromatic carbocycles. The first-order valence-electron chi connectivity index (χ1n) is 6.02. The Morgan fingerprint density at radius 2 is 1.74 bits per heavy atom. The number of carbonyl (C=O) groups is 2. The van der Waals surface area contributed by atoms with Crippen LogP contribution in [0.3, 0.4) is 0 Å². The van der Waals surface area contributed by atoms with E-state index in [0.717, 1.165) is 17.8 Å². The van der Waals surface area contributed by atoms with Crippen LogP contribution in [0.2, 0.25) is 5.02 Å². The molecule has 0 heterocycles. The van der Waals surface area contributed by atoms with Gasteiger partial charge in [-0.2, -0.15) is 0 Å². The topological polar surface area (TPSA) is 118 Å². The molecule has 2 N–H and O–H groups in total. The van der Waals surface area contributed by atoms with Gasteiger partial charge in [-0.25, -0.2) is 9.59 Å². The van der Waals surface area contributed by atoms with Crippen LogP contribution >= 0.6 is 23.4 Å². The predicted molar refractivity (Wildman–Crippen MR) is 82.6 cm³/mol. The number of rotatable bonds is 5. The molecule has 2 aromatic rings. The standard InChI is InChI=1S/C14H8ClNO6S/c15-8-2-3-9(14(19)20)12(6-8)23-11-4-1-7(13(17)18)5-10(11)16(21)22/h1-6H,(H,17,18)(H,19,20). The fourth-order valence-electron chi connectivity index (χ4n) is 1.76. The lowest BCUT2D eigenvalue weighted by Crippen LogP contribution is -2.01. The lowest BCUT2D eigenvalue weighted by Gasteiger charge is -2.07. The van der Waals surface area contributed by atoms with Crippen LogP contribution in [0.15, 0.2) is 46.2 Å². The molecule has 0 aliphatic rings. The second-order valence-electron chi connectivity index (χ2n) is 4.29. The summed E-state index contributed by atoms with van der Waals surface area (Å²) in [5, 5.41) is 29.5. The molecule has 0 spiro atoms. The zero-order chi connectivity index (χ0) is 17.1. The minimum atomic E-state index is -1.29. The van der Waals surface area contributed by atoms with Gasteiger partial charge in [-0.1, -0.05) is 23.4 Å². The summed E-state index contributed by atoms with van der Waals surface area (Å²) in [5.41, 5.74) is -0.715. The molecular weight excluding hydrogens is 346 g/mol. The summed E-state index contributed by atoms with van der Waals surface area (Å²) in [7, 11) is 0. The fourth-order valence-corrected chi connectivity index (χ4v) is 3.05. The molecule has 0 fully saturated rings. The van der Waals surface area contributed by atoms with Crippen molar-refractivity contribution in [3.05, 3.63) is 62.7 Å². The van der Waals surface area contributed by atoms with E-state index in [1.54, 1.807) is 0 Å². The third-order valence-electron chi connectivity index (χ3n) is 2.80. The van der Waals surface area contributed by atoms with Gasteiger partial charge >= 0.3 is 11.9 Å². The number of nitro benzene ring substituents is 1. The molecule has 0 aliphatic heterocycles. The molecule has 23 heavy (non-hydrogen) atoms. The van der Waals surface area contributed by atoms with E-state index in [4.69, 9.17) is 21.8 Å². The van der Waals surface area contributed by atoms with Crippen LogP contribution in [-0.4, -0.2) is 27.1 Å². The Kier molecular flexibility index (Phi) is 4.87. The highest BCUT2D eigenvalue weighted by molar-refractivity contribution is 7.99. The largest absolute Gasteiger partial charge is 0.478 e. The second-order valence-corrected chi connectivity index (χ2v) is 5.81. The van der Waals surface area contributed by atoms with Crippen molar-refractivity contribution in [3.63, 3.8) is 0 Å². The van der Waals surface area contributed by atoms with E-state index in [2.05, 4.69) is 0 Å². The molecule has 0 radical (unpaired) electrons. The number of carboxylic acid groups (broad SMARTS) is 2. The van der Waals surface area contributed by atoms with Gasteiger partial charge in [0.2, 0.25) is 0 Å². The molecule has 0 atom stereocenters. The minimum Gasteiger partial charge on any atom is -0.478 e. The Labute approximate surface area is 138 Å². The third-order valence-corrected chi connectivity index (χ3v) is 4.15. The average Bonchev–Trinajstić information content (AvgIpc) is 2.46. The van der Waals surface area contributed by atoms with Gasteiger partial charge in [0.15, 0.2) is 0 Å². The highest BCUT2D eigenvalue weighted by Gasteiger charge is 2.20. The van der Waals surface area contributed by atoms with Gasteiger partial charge in [0.1, 0.15) is 0 Å². The number of nitrogens with zero attached hydrogens (tertiary/aromatic N) is 1. The Hall–Kier alpha value is -2.58. The molecule has 0 aromatic heterocycles. The van der Waals surface area contributed by atoms with E-state index >= 15 is 0 Å². The highest BCUT2D eigenvalue weighted by Crippen LogP contribution is 2.38. The molecule has 0 aliphatic carbocycles. The van der Waals surface area contributed by atoms with E-state index < -0.39 is 22.5 Å². The van der Waals surface area contributed by atoms with Gasteiger partial charge in [-0.3, -0.25) is 10.1 Å². The zero-order valence-corrected chi connectivity index (χ0v) is 12.8. The van der Waals surface area contributed by atoms with Gasteiger partial charge in [-0.15, -0.1) is 0 Å². The Bertz CT molecular complexity index is 823. The summed E-state index contributed by atoms with van der Waals surface area (Å²) in [5.74, 6) is -2.49. The molecule has 0 bridgehead atoms. The van der Waals surface area contributed by atoms with Gasteiger partial charge in [0, 0.05) is 16.0 Å². The smallest absolute Gasteiger partial charge is 0.336 e. The first-order valence-corrected chi connectivity index (χ1v) is 7.21. The van der Waals surface area contributed by atoms with E-state index in [1.807, 2.05) is 0 Å². The summed E-state index contributed by atoms with van der Waals surface area (Å²) >= 11 is 6.67. The van der Waals surface area contributed by atoms with Crippen LogP contribution in [0, 0.1) is 10.1 Å². The van der Waals surface area contributed by atoms with Crippen LogP contribution in [0.5, 0.6) is 0 Å². The first kappa shape index (κ1) is 16.8. The first-order chi connectivity index (χ1) is 10.8. The fraction of sp³-hybridized carbons (Fsp3) is 0. The van der Waals surface area contributed by atoms with Crippen LogP contribution in [0.25, 0.3) is 0 Å². The predicted octanol–water partition coefficient (Wildman–Crippen LogP) is 3.80. The lowest BCUT2D eigenvalue weighted by atomic mass is 10.2. The van der Waals surface area contributed by atoms with Crippen LogP contribution in [-0.2, 0) is 0 Å². The molecule has 0 amide bonds. The number of aromatic carboxylic acids is 2. The highest BCUT2D eigenvalue weighted by atomic mass is 35.5. The molecule has 9 heteroatoms. The molecule has 2 rings (SSSR count). The zero-order valence-electron chi connectivity index (χ0n) is 11.2. The van der Waals surface area contributed by atoms with Crippen molar-refractivity contribution >= 4 is 41.0 Å². The Morgan fingerprint density at radius 1 is 1.04 bits per heavy atom. The lowest BCUT2D eigenvalue weighted by molar-refractivity contribution is -0.387. The number of benzene rings is 2. The molecule has 0 unspecified atom stereocenters. The van der Waals surface area contributed by atoms with E-state index in [1.165, 1.54) is 30.3 Å². The molecule has 7 nitrogen and oxygen atoms in total. The van der Waals surface area contributed by atoms with Crippen molar-refractivity contribution < 1.29 is 24.7 Å². The monoisotopic (exact) mass is 353 g/mol. The number of hydrogen-bond acceptors (Lipinski definition) is 5. The van der Waals surface area contributed by atoms with Gasteiger partial charge in [0.25, 0.3) is 5.69 Å². The summed E-state index contributed by atoms with van der Waals surface area (Å²) in [6.45, 7) is 0. The van der Waals surface area contributed by atoms with Crippen LogP contribution < -0.4 is 0 Å². The van der Waals surface area contributed by atoms with E-state index in [9.17, 15) is 19.7 Å². The van der Waals surface area contributed by atoms with Crippen LogP contribution in [0.4, 0.5) is 5.69 Å². The third kappa shape index (κ3) is 3.79. The average molecular weight is 354 g/mol. The van der Waals surface area contributed by atoms with E-state index in [-0.39, 0.29) is 25.9 Å². The maximum Gasteiger partial charge on any atom is 0.336 e. The number of carboxylic acids is 2. The van der Waals surface area contributed by atoms with Crippen molar-refractivity contribution in [2.45, 2.75) is 9.79 Å². The molecule has 0 saturated heterocycles. The van der Waals surface area contributed by atoms with Crippen molar-refractivity contribution in [1.29, 1.82) is 0 Å². The van der Waals surface area contributed by atoms with Gasteiger partial charge in [-0.05, 0) is 30.3 Å². The van der Waals surface area contributed by atoms with Crippen molar-refractivity contribution in [1.82, 2.24) is 0 Å². The number of halogens is 1. The summed E-state index contributed by atoms with van der Waals surface area (Å²) in [6.07, 6.45) is 0. The van der Waals surface area contributed by atoms with Crippen molar-refractivity contribution in [2.75, 3.05) is 0 Å². The maximum absolute atomic E-state index is 11.2. The Balaban J connectivity index is 2.52. The number of hydrogen-bond donors (Lipinski definition) is 2. The molecular formula is C14H8ClNO6S. The quantitative estimate of drug-likeness (QED) is 0.620.